The van der Waals surface area contributed by atoms with Crippen molar-refractivity contribution >= 4 is 21.6 Å². The van der Waals surface area contributed by atoms with Gasteiger partial charge in [0, 0.05) is 0 Å². The van der Waals surface area contributed by atoms with E-state index in [0.29, 0.717) is 12.1 Å². The molecule has 0 aliphatic heterocycles. The fraction of sp³-hybridized carbons (Fsp3) is 0.208. The first-order chi connectivity index (χ1) is 14.4. The summed E-state index contributed by atoms with van der Waals surface area (Å²) >= 11 is 0. The maximum atomic E-state index is 13.3. The van der Waals surface area contributed by atoms with Crippen LogP contribution in [-0.2, 0) is 14.8 Å². The number of hydrogen-bond acceptors (Lipinski definition) is 3. The number of aryl methyl sites for hydroxylation is 1. The van der Waals surface area contributed by atoms with Gasteiger partial charge in [-0.15, -0.1) is 0 Å². The molecule has 0 saturated carbocycles. The fourth-order valence-electron chi connectivity index (χ4n) is 3.22. The lowest BCUT2D eigenvalue weighted by Crippen LogP contribution is -2.42. The van der Waals surface area contributed by atoms with Gasteiger partial charge in [0.2, 0.25) is 5.91 Å². The zero-order valence-electron chi connectivity index (χ0n) is 17.2. The smallest absolute Gasteiger partial charge is 0.264 e. The predicted molar refractivity (Wildman–Crippen MR) is 120 cm³/mol. The second kappa shape index (κ2) is 9.59. The molecule has 0 bridgehead atoms. The van der Waals surface area contributed by atoms with E-state index in [1.165, 1.54) is 12.1 Å². The molecule has 1 amide bonds. The lowest BCUT2D eigenvalue weighted by Gasteiger charge is -2.26. The Morgan fingerprint density at radius 1 is 0.900 bits per heavy atom. The van der Waals surface area contributed by atoms with Crippen molar-refractivity contribution in [3.05, 3.63) is 96.1 Å². The summed E-state index contributed by atoms with van der Waals surface area (Å²) in [7, 11) is -3.90. The molecule has 30 heavy (non-hydrogen) atoms. The van der Waals surface area contributed by atoms with Crippen molar-refractivity contribution < 1.29 is 13.2 Å². The standard InChI is InChI=1S/C24H26N2O3S/c1-3-23(20-10-6-4-7-11-20)25-24(27)18-26(21-16-14-19(2)15-17-21)30(28,29)22-12-8-5-9-13-22/h4-17,23H,3,18H2,1-2H3,(H,25,27). The van der Waals surface area contributed by atoms with Crippen LogP contribution >= 0.6 is 0 Å². The molecular weight excluding hydrogens is 396 g/mol. The molecule has 1 unspecified atom stereocenters. The number of benzene rings is 3. The molecule has 3 aromatic carbocycles. The number of amides is 1. The van der Waals surface area contributed by atoms with Crippen LogP contribution in [0.3, 0.4) is 0 Å². The van der Waals surface area contributed by atoms with Crippen molar-refractivity contribution in [1.82, 2.24) is 5.32 Å². The van der Waals surface area contributed by atoms with Crippen LogP contribution in [0.5, 0.6) is 0 Å². The predicted octanol–water partition coefficient (Wildman–Crippen LogP) is 4.46. The Balaban J connectivity index is 1.89. The number of carbonyl (C=O) groups is 1. The van der Waals surface area contributed by atoms with E-state index in [9.17, 15) is 13.2 Å². The van der Waals surface area contributed by atoms with Crippen molar-refractivity contribution in [3.63, 3.8) is 0 Å². The summed E-state index contributed by atoms with van der Waals surface area (Å²) in [6.45, 7) is 3.61. The third-order valence-corrected chi connectivity index (χ3v) is 6.67. The fourth-order valence-corrected chi connectivity index (χ4v) is 4.66. The van der Waals surface area contributed by atoms with Gasteiger partial charge in [0.25, 0.3) is 10.0 Å². The number of hydrogen-bond donors (Lipinski definition) is 1. The molecule has 156 valence electrons. The highest BCUT2D eigenvalue weighted by molar-refractivity contribution is 7.92. The van der Waals surface area contributed by atoms with Gasteiger partial charge in [0.05, 0.1) is 16.6 Å². The van der Waals surface area contributed by atoms with Crippen LogP contribution < -0.4 is 9.62 Å². The molecule has 1 atom stereocenters. The van der Waals surface area contributed by atoms with Gasteiger partial charge in [0.15, 0.2) is 0 Å². The van der Waals surface area contributed by atoms with Crippen LogP contribution in [0.25, 0.3) is 0 Å². The van der Waals surface area contributed by atoms with Gasteiger partial charge in [-0.1, -0.05) is 73.2 Å². The first-order valence-electron chi connectivity index (χ1n) is 9.90. The molecule has 0 fully saturated rings. The number of carbonyl (C=O) groups excluding carboxylic acids is 1. The monoisotopic (exact) mass is 422 g/mol. The molecule has 3 rings (SSSR count). The van der Waals surface area contributed by atoms with Crippen LogP contribution in [0, 0.1) is 6.92 Å². The maximum Gasteiger partial charge on any atom is 0.264 e. The summed E-state index contributed by atoms with van der Waals surface area (Å²) in [5.41, 5.74) is 2.45. The van der Waals surface area contributed by atoms with Gasteiger partial charge < -0.3 is 5.32 Å². The Kier molecular flexibility index (Phi) is 6.90. The summed E-state index contributed by atoms with van der Waals surface area (Å²) in [6.07, 6.45) is 0.700. The van der Waals surface area contributed by atoms with E-state index < -0.39 is 10.0 Å². The van der Waals surface area contributed by atoms with E-state index >= 15 is 0 Å². The van der Waals surface area contributed by atoms with E-state index in [1.54, 1.807) is 30.3 Å². The molecule has 6 heteroatoms. The number of nitrogens with one attached hydrogen (secondary N) is 1. The van der Waals surface area contributed by atoms with Crippen molar-refractivity contribution in [2.75, 3.05) is 10.8 Å². The quantitative estimate of drug-likeness (QED) is 0.583. The number of rotatable bonds is 8. The molecule has 0 saturated heterocycles. The SMILES string of the molecule is CCC(NC(=O)CN(c1ccc(C)cc1)S(=O)(=O)c1ccccc1)c1ccccc1. The van der Waals surface area contributed by atoms with Gasteiger partial charge in [-0.25, -0.2) is 8.42 Å². The highest BCUT2D eigenvalue weighted by atomic mass is 32.2. The Morgan fingerprint density at radius 2 is 1.47 bits per heavy atom. The van der Waals surface area contributed by atoms with Crippen molar-refractivity contribution in [3.8, 4) is 0 Å². The molecule has 5 nitrogen and oxygen atoms in total. The van der Waals surface area contributed by atoms with E-state index in [2.05, 4.69) is 5.32 Å². The third kappa shape index (κ3) is 5.07. The van der Waals surface area contributed by atoms with Gasteiger partial charge in [-0.05, 0) is 43.2 Å². The van der Waals surface area contributed by atoms with E-state index in [1.807, 2.05) is 56.3 Å². The number of nitrogens with zero attached hydrogens (tertiary/aromatic N) is 1. The third-order valence-electron chi connectivity index (χ3n) is 4.89. The molecule has 0 aromatic heterocycles. The zero-order valence-corrected chi connectivity index (χ0v) is 18.0. The lowest BCUT2D eigenvalue weighted by atomic mass is 10.0. The molecule has 3 aromatic rings. The van der Waals surface area contributed by atoms with Gasteiger partial charge >= 0.3 is 0 Å². The summed E-state index contributed by atoms with van der Waals surface area (Å²) in [6, 6.07) is 24.8. The topological polar surface area (TPSA) is 66.5 Å². The molecule has 0 radical (unpaired) electrons. The summed E-state index contributed by atoms with van der Waals surface area (Å²) in [4.78, 5) is 13.0. The molecule has 0 aliphatic carbocycles. The van der Waals surface area contributed by atoms with Crippen LogP contribution in [0.4, 0.5) is 5.69 Å². The Hall–Kier alpha value is -3.12. The molecular formula is C24H26N2O3S. The second-order valence-corrected chi connectivity index (χ2v) is 8.96. The first-order valence-corrected chi connectivity index (χ1v) is 11.3. The van der Waals surface area contributed by atoms with E-state index in [4.69, 9.17) is 0 Å². The van der Waals surface area contributed by atoms with Crippen molar-refractivity contribution in [2.45, 2.75) is 31.2 Å². The van der Waals surface area contributed by atoms with Crippen LogP contribution in [-0.4, -0.2) is 20.9 Å². The molecule has 0 heterocycles. The van der Waals surface area contributed by atoms with Gasteiger partial charge in [-0.2, -0.15) is 0 Å². The molecule has 1 N–H and O–H groups in total. The minimum Gasteiger partial charge on any atom is -0.348 e. The number of sulfonamides is 1. The maximum absolute atomic E-state index is 13.3. The Bertz CT molecular complexity index is 1070. The number of anilines is 1. The zero-order chi connectivity index (χ0) is 21.6. The normalized spacial score (nSPS) is 12.2. The minimum atomic E-state index is -3.90. The van der Waals surface area contributed by atoms with Crippen molar-refractivity contribution in [1.29, 1.82) is 0 Å². The second-order valence-electron chi connectivity index (χ2n) is 7.10. The average Bonchev–Trinajstić information content (AvgIpc) is 2.77. The average molecular weight is 423 g/mol. The van der Waals surface area contributed by atoms with Gasteiger partial charge in [-0.3, -0.25) is 9.10 Å². The molecule has 0 spiro atoms. The summed E-state index contributed by atoms with van der Waals surface area (Å²) in [5.74, 6) is -0.356. The minimum absolute atomic E-state index is 0.147. The largest absolute Gasteiger partial charge is 0.348 e. The molecule has 0 aliphatic rings. The lowest BCUT2D eigenvalue weighted by molar-refractivity contribution is -0.120. The first kappa shape index (κ1) is 21.6. The van der Waals surface area contributed by atoms with Crippen LogP contribution in [0.15, 0.2) is 89.8 Å². The highest BCUT2D eigenvalue weighted by Crippen LogP contribution is 2.24. The van der Waals surface area contributed by atoms with E-state index in [0.717, 1.165) is 15.4 Å². The van der Waals surface area contributed by atoms with Gasteiger partial charge in [0.1, 0.15) is 6.54 Å². The summed E-state index contributed by atoms with van der Waals surface area (Å²) < 4.78 is 27.8. The van der Waals surface area contributed by atoms with Crippen LogP contribution in [0.2, 0.25) is 0 Å². The highest BCUT2D eigenvalue weighted by Gasteiger charge is 2.27. The Morgan fingerprint density at radius 3 is 2.03 bits per heavy atom. The van der Waals surface area contributed by atoms with E-state index in [-0.39, 0.29) is 23.4 Å². The summed E-state index contributed by atoms with van der Waals surface area (Å²) in [5, 5.41) is 2.97. The van der Waals surface area contributed by atoms with Crippen molar-refractivity contribution in [2.24, 2.45) is 0 Å². The Labute approximate surface area is 178 Å². The van der Waals surface area contributed by atoms with Crippen LogP contribution in [0.1, 0.15) is 30.5 Å².